The number of amides is 1. The highest BCUT2D eigenvalue weighted by atomic mass is 35.5. The second-order valence-corrected chi connectivity index (χ2v) is 6.01. The number of halogens is 2. The average Bonchev–Trinajstić information content (AvgIpc) is 2.56. The van der Waals surface area contributed by atoms with Gasteiger partial charge in [0, 0.05) is 34.1 Å². The molecule has 2 aromatic carbocycles. The summed E-state index contributed by atoms with van der Waals surface area (Å²) >= 11 is 11.8. The number of hydrogen-bond acceptors (Lipinski definition) is 4. The van der Waals surface area contributed by atoms with Crippen molar-refractivity contribution in [2.45, 2.75) is 6.92 Å². The zero-order chi connectivity index (χ0) is 18.1. The Morgan fingerprint density at radius 1 is 1.04 bits per heavy atom. The van der Waals surface area contributed by atoms with Crippen LogP contribution in [0.5, 0.6) is 5.75 Å². The van der Waals surface area contributed by atoms with E-state index >= 15 is 0 Å². The van der Waals surface area contributed by atoms with Crippen molar-refractivity contribution in [2.24, 2.45) is 0 Å². The van der Waals surface area contributed by atoms with E-state index in [1.165, 1.54) is 0 Å². The molecule has 0 aliphatic carbocycles. The number of nitrogens with one attached hydrogen (secondary N) is 2. The van der Waals surface area contributed by atoms with Gasteiger partial charge < -0.3 is 20.1 Å². The number of rotatable bonds is 9. The van der Waals surface area contributed by atoms with Crippen molar-refractivity contribution in [1.29, 1.82) is 0 Å². The van der Waals surface area contributed by atoms with Crippen LogP contribution in [0.1, 0.15) is 6.92 Å². The molecule has 5 nitrogen and oxygen atoms in total. The molecule has 1 amide bonds. The summed E-state index contributed by atoms with van der Waals surface area (Å²) in [4.78, 5) is 12.0. The summed E-state index contributed by atoms with van der Waals surface area (Å²) in [7, 11) is 0. The van der Waals surface area contributed by atoms with Crippen LogP contribution in [0.3, 0.4) is 0 Å². The maximum absolute atomic E-state index is 12.0. The van der Waals surface area contributed by atoms with E-state index in [9.17, 15) is 4.79 Å². The fourth-order valence-electron chi connectivity index (χ4n) is 2.07. The Labute approximate surface area is 157 Å². The van der Waals surface area contributed by atoms with Gasteiger partial charge in [-0.25, -0.2) is 0 Å². The number of carbonyl (C=O) groups is 1. The van der Waals surface area contributed by atoms with Gasteiger partial charge in [0.15, 0.2) is 0 Å². The van der Waals surface area contributed by atoms with Gasteiger partial charge in [-0.1, -0.05) is 29.3 Å². The summed E-state index contributed by atoms with van der Waals surface area (Å²) < 4.78 is 10.8. The van der Waals surface area contributed by atoms with Crippen molar-refractivity contribution in [3.63, 3.8) is 0 Å². The Balaban J connectivity index is 1.82. The molecule has 0 aliphatic rings. The molecule has 2 rings (SSSR count). The number of carbonyl (C=O) groups excluding carboxylic acids is 1. The van der Waals surface area contributed by atoms with Crippen LogP contribution in [0.25, 0.3) is 0 Å². The van der Waals surface area contributed by atoms with Crippen LogP contribution in [0.15, 0.2) is 42.5 Å². The van der Waals surface area contributed by atoms with Crippen molar-refractivity contribution in [1.82, 2.24) is 0 Å². The first-order valence-electron chi connectivity index (χ1n) is 7.87. The van der Waals surface area contributed by atoms with Crippen molar-refractivity contribution in [3.8, 4) is 5.75 Å². The van der Waals surface area contributed by atoms with Gasteiger partial charge in [-0.05, 0) is 37.3 Å². The van der Waals surface area contributed by atoms with Crippen molar-refractivity contribution in [2.75, 3.05) is 37.0 Å². The second kappa shape index (κ2) is 10.1. The van der Waals surface area contributed by atoms with Crippen LogP contribution in [-0.4, -0.2) is 32.3 Å². The number of benzene rings is 2. The predicted octanol–water partition coefficient (Wildman–Crippen LogP) is 4.46. The lowest BCUT2D eigenvalue weighted by Gasteiger charge is -2.11. The molecule has 0 spiro atoms. The number of anilines is 2. The van der Waals surface area contributed by atoms with Crippen molar-refractivity contribution < 1.29 is 14.3 Å². The third kappa shape index (κ3) is 7.22. The van der Waals surface area contributed by atoms with Gasteiger partial charge in [0.1, 0.15) is 12.4 Å². The van der Waals surface area contributed by atoms with Gasteiger partial charge in [0.2, 0.25) is 5.91 Å². The first-order chi connectivity index (χ1) is 12.1. The zero-order valence-electron chi connectivity index (χ0n) is 13.9. The van der Waals surface area contributed by atoms with Crippen LogP contribution in [0.4, 0.5) is 11.4 Å². The predicted molar refractivity (Wildman–Crippen MR) is 102 cm³/mol. The molecule has 0 unspecified atom stereocenters. The van der Waals surface area contributed by atoms with Crippen LogP contribution >= 0.6 is 23.2 Å². The zero-order valence-corrected chi connectivity index (χ0v) is 15.4. The molecule has 0 aliphatic heterocycles. The highest BCUT2D eigenvalue weighted by molar-refractivity contribution is 6.35. The lowest BCUT2D eigenvalue weighted by atomic mass is 10.3. The maximum atomic E-state index is 12.0. The quantitative estimate of drug-likeness (QED) is 0.628. The third-order valence-electron chi connectivity index (χ3n) is 3.13. The molecule has 0 aromatic heterocycles. The van der Waals surface area contributed by atoms with Gasteiger partial charge in [-0.2, -0.15) is 0 Å². The smallest absolute Gasteiger partial charge is 0.243 e. The van der Waals surface area contributed by atoms with Crippen LogP contribution in [0.2, 0.25) is 10.0 Å². The van der Waals surface area contributed by atoms with E-state index in [2.05, 4.69) is 10.6 Å². The minimum Gasteiger partial charge on any atom is -0.491 e. The third-order valence-corrected chi connectivity index (χ3v) is 3.57. The summed E-state index contributed by atoms with van der Waals surface area (Å²) in [5.41, 5.74) is 1.34. The summed E-state index contributed by atoms with van der Waals surface area (Å²) in [6.07, 6.45) is 0. The molecule has 0 bridgehead atoms. The largest absolute Gasteiger partial charge is 0.491 e. The topological polar surface area (TPSA) is 59.6 Å². The van der Waals surface area contributed by atoms with Gasteiger partial charge in [-0.3, -0.25) is 4.79 Å². The molecule has 25 heavy (non-hydrogen) atoms. The minimum atomic E-state index is -0.207. The van der Waals surface area contributed by atoms with Gasteiger partial charge in [0.05, 0.1) is 13.2 Å². The SMILES string of the molecule is CCOCCOc1cccc(NCC(=O)Nc2cc(Cl)cc(Cl)c2)c1. The van der Waals surface area contributed by atoms with E-state index in [-0.39, 0.29) is 12.5 Å². The highest BCUT2D eigenvalue weighted by Crippen LogP contribution is 2.22. The lowest BCUT2D eigenvalue weighted by molar-refractivity contribution is -0.114. The maximum Gasteiger partial charge on any atom is 0.243 e. The standard InChI is InChI=1S/C18H20Cl2N2O3/c1-2-24-6-7-25-17-5-3-4-15(11-17)21-12-18(23)22-16-9-13(19)8-14(20)10-16/h3-5,8-11,21H,2,6-7,12H2,1H3,(H,22,23). The highest BCUT2D eigenvalue weighted by Gasteiger charge is 2.05. The fourth-order valence-corrected chi connectivity index (χ4v) is 2.60. The molecule has 0 atom stereocenters. The Morgan fingerprint density at radius 2 is 1.80 bits per heavy atom. The van der Waals surface area contributed by atoms with E-state index in [0.717, 1.165) is 5.69 Å². The van der Waals surface area contributed by atoms with Crippen LogP contribution in [-0.2, 0) is 9.53 Å². The van der Waals surface area contributed by atoms with Gasteiger partial charge >= 0.3 is 0 Å². The minimum absolute atomic E-state index is 0.104. The van der Waals surface area contributed by atoms with E-state index in [0.29, 0.717) is 41.3 Å². The molecule has 2 N–H and O–H groups in total. The van der Waals surface area contributed by atoms with E-state index in [1.54, 1.807) is 18.2 Å². The van der Waals surface area contributed by atoms with E-state index in [4.69, 9.17) is 32.7 Å². The molecule has 0 radical (unpaired) electrons. The fraction of sp³-hybridized carbons (Fsp3) is 0.278. The molecular formula is C18H20Cl2N2O3. The molecule has 0 saturated carbocycles. The Bertz CT molecular complexity index is 690. The monoisotopic (exact) mass is 382 g/mol. The molecule has 134 valence electrons. The van der Waals surface area contributed by atoms with Gasteiger partial charge in [0.25, 0.3) is 0 Å². The lowest BCUT2D eigenvalue weighted by Crippen LogP contribution is -2.21. The Morgan fingerprint density at radius 3 is 2.52 bits per heavy atom. The summed E-state index contributed by atoms with van der Waals surface area (Å²) in [6.45, 7) is 3.73. The summed E-state index contributed by atoms with van der Waals surface area (Å²) in [5, 5.41) is 6.72. The normalized spacial score (nSPS) is 10.4. The molecule has 0 fully saturated rings. The molecular weight excluding hydrogens is 363 g/mol. The second-order valence-electron chi connectivity index (χ2n) is 5.13. The van der Waals surface area contributed by atoms with Gasteiger partial charge in [-0.15, -0.1) is 0 Å². The van der Waals surface area contributed by atoms with E-state index < -0.39 is 0 Å². The van der Waals surface area contributed by atoms with Crippen LogP contribution < -0.4 is 15.4 Å². The molecule has 0 heterocycles. The molecule has 2 aromatic rings. The van der Waals surface area contributed by atoms with E-state index in [1.807, 2.05) is 31.2 Å². The van der Waals surface area contributed by atoms with Crippen molar-refractivity contribution in [3.05, 3.63) is 52.5 Å². The first-order valence-corrected chi connectivity index (χ1v) is 8.63. The molecule has 7 heteroatoms. The van der Waals surface area contributed by atoms with Crippen LogP contribution in [0, 0.1) is 0 Å². The summed E-state index contributed by atoms with van der Waals surface area (Å²) in [6, 6.07) is 12.3. The Hall–Kier alpha value is -1.95. The summed E-state index contributed by atoms with van der Waals surface area (Å²) in [5.74, 6) is 0.507. The molecule has 0 saturated heterocycles. The Kier molecular flexibility index (Phi) is 7.85. The van der Waals surface area contributed by atoms with Crippen molar-refractivity contribution >= 4 is 40.5 Å². The average molecular weight is 383 g/mol. The number of hydrogen-bond donors (Lipinski definition) is 2. The first kappa shape index (κ1) is 19.4. The number of ether oxygens (including phenoxy) is 2.